The number of carbonyl (C=O) groups excluding carboxylic acids is 2. The number of amides is 2. The average molecular weight is 368 g/mol. The summed E-state index contributed by atoms with van der Waals surface area (Å²) in [6, 6.07) is 9.33. The van der Waals surface area contributed by atoms with Gasteiger partial charge in [-0.3, -0.25) is 19.1 Å². The summed E-state index contributed by atoms with van der Waals surface area (Å²) in [5.41, 5.74) is 2.67. The van der Waals surface area contributed by atoms with Gasteiger partial charge in [-0.1, -0.05) is 17.7 Å². The summed E-state index contributed by atoms with van der Waals surface area (Å²) >= 11 is 0. The van der Waals surface area contributed by atoms with E-state index in [4.69, 9.17) is 4.84 Å². The van der Waals surface area contributed by atoms with Gasteiger partial charge in [0.1, 0.15) is 0 Å². The van der Waals surface area contributed by atoms with Crippen LogP contribution in [-0.2, 0) is 16.2 Å². The molecule has 1 aromatic heterocycles. The van der Waals surface area contributed by atoms with Crippen LogP contribution in [0.1, 0.15) is 46.9 Å². The van der Waals surface area contributed by atoms with Gasteiger partial charge >= 0.3 is 0 Å². The molecule has 2 aliphatic rings. The second-order valence-corrected chi connectivity index (χ2v) is 7.22. The molecule has 0 unspecified atom stereocenters. The number of hydrogen-bond acceptors (Lipinski definition) is 4. The van der Waals surface area contributed by atoms with Gasteiger partial charge in [-0.2, -0.15) is 5.10 Å². The standard InChI is InChI=1S/C20H24N4O3/c1-15-5-4-6-16(11-15)20(26)22-13-17-7-8-21-24(17)18(14-22)12-19(25)23-9-2-3-10-27-23/h4-8,11,18H,2-3,9-10,12-14H2,1H3/t18-/m0/s1. The third-order valence-electron chi connectivity index (χ3n) is 5.13. The summed E-state index contributed by atoms with van der Waals surface area (Å²) < 4.78 is 1.88. The van der Waals surface area contributed by atoms with Crippen molar-refractivity contribution in [3.63, 3.8) is 0 Å². The van der Waals surface area contributed by atoms with Gasteiger partial charge in [0.2, 0.25) is 5.91 Å². The highest BCUT2D eigenvalue weighted by Gasteiger charge is 2.32. The molecule has 0 spiro atoms. The predicted octanol–water partition coefficient (Wildman–Crippen LogP) is 2.33. The van der Waals surface area contributed by atoms with Crippen LogP contribution in [0.25, 0.3) is 0 Å². The van der Waals surface area contributed by atoms with Crippen molar-refractivity contribution in [2.45, 2.75) is 38.8 Å². The van der Waals surface area contributed by atoms with E-state index >= 15 is 0 Å². The molecule has 1 saturated heterocycles. The molecule has 27 heavy (non-hydrogen) atoms. The number of aryl methyl sites for hydroxylation is 1. The first kappa shape index (κ1) is 17.7. The number of hydrogen-bond donors (Lipinski definition) is 0. The SMILES string of the molecule is Cc1cccc(C(=O)N2Cc3ccnn3[C@@H](CC(=O)N3CCCCO3)C2)c1. The Morgan fingerprint density at radius 2 is 2.15 bits per heavy atom. The van der Waals surface area contributed by atoms with Gasteiger partial charge in [-0.15, -0.1) is 0 Å². The Kier molecular flexibility index (Phi) is 4.94. The third kappa shape index (κ3) is 3.73. The Hall–Kier alpha value is -2.67. The number of nitrogens with zero attached hydrogens (tertiary/aromatic N) is 4. The van der Waals surface area contributed by atoms with E-state index in [9.17, 15) is 9.59 Å². The Morgan fingerprint density at radius 1 is 1.26 bits per heavy atom. The van der Waals surface area contributed by atoms with Crippen LogP contribution < -0.4 is 0 Å². The summed E-state index contributed by atoms with van der Waals surface area (Å²) in [6.45, 7) is 4.14. The fourth-order valence-electron chi connectivity index (χ4n) is 3.75. The largest absolute Gasteiger partial charge is 0.331 e. The van der Waals surface area contributed by atoms with Crippen LogP contribution in [0.3, 0.4) is 0 Å². The summed E-state index contributed by atoms with van der Waals surface area (Å²) in [4.78, 5) is 32.9. The molecule has 2 aromatic rings. The fourth-order valence-corrected chi connectivity index (χ4v) is 3.75. The zero-order valence-corrected chi connectivity index (χ0v) is 15.5. The summed E-state index contributed by atoms with van der Waals surface area (Å²) in [5, 5.41) is 5.85. The maximum Gasteiger partial charge on any atom is 0.254 e. The highest BCUT2D eigenvalue weighted by atomic mass is 16.7. The lowest BCUT2D eigenvalue weighted by atomic mass is 10.1. The monoisotopic (exact) mass is 368 g/mol. The van der Waals surface area contributed by atoms with Crippen molar-refractivity contribution >= 4 is 11.8 Å². The zero-order valence-electron chi connectivity index (χ0n) is 15.5. The number of fused-ring (bicyclic) bond motifs is 1. The van der Waals surface area contributed by atoms with E-state index in [0.717, 1.165) is 24.1 Å². The Labute approximate surface area is 158 Å². The summed E-state index contributed by atoms with van der Waals surface area (Å²) in [7, 11) is 0. The van der Waals surface area contributed by atoms with Crippen LogP contribution in [-0.4, -0.2) is 51.3 Å². The van der Waals surface area contributed by atoms with Crippen LogP contribution in [0.5, 0.6) is 0 Å². The second kappa shape index (κ2) is 7.52. The van der Waals surface area contributed by atoms with Crippen molar-refractivity contribution in [3.8, 4) is 0 Å². The van der Waals surface area contributed by atoms with Crippen molar-refractivity contribution in [1.29, 1.82) is 0 Å². The van der Waals surface area contributed by atoms with Gasteiger partial charge in [-0.05, 0) is 38.0 Å². The molecule has 1 fully saturated rings. The first-order valence-electron chi connectivity index (χ1n) is 9.43. The molecule has 3 heterocycles. The molecule has 0 bridgehead atoms. The molecule has 4 rings (SSSR count). The van der Waals surface area contributed by atoms with Crippen molar-refractivity contribution in [3.05, 3.63) is 53.3 Å². The number of benzene rings is 1. The van der Waals surface area contributed by atoms with Gasteiger partial charge in [0.15, 0.2) is 0 Å². The first-order chi connectivity index (χ1) is 13.1. The van der Waals surface area contributed by atoms with Crippen LogP contribution >= 0.6 is 0 Å². The highest BCUT2D eigenvalue weighted by Crippen LogP contribution is 2.25. The zero-order chi connectivity index (χ0) is 18.8. The van der Waals surface area contributed by atoms with Crippen LogP contribution in [0.4, 0.5) is 0 Å². The number of rotatable bonds is 3. The van der Waals surface area contributed by atoms with Crippen molar-refractivity contribution in [1.82, 2.24) is 19.7 Å². The fraction of sp³-hybridized carbons (Fsp3) is 0.450. The molecule has 0 N–H and O–H groups in total. The Bertz CT molecular complexity index is 841. The Balaban J connectivity index is 1.52. The number of aromatic nitrogens is 2. The molecule has 7 heteroatoms. The third-order valence-corrected chi connectivity index (χ3v) is 5.13. The van der Waals surface area contributed by atoms with Gasteiger partial charge in [0.25, 0.3) is 5.91 Å². The minimum atomic E-state index is -0.185. The van der Waals surface area contributed by atoms with E-state index in [2.05, 4.69) is 5.10 Å². The molecule has 0 radical (unpaired) electrons. The minimum Gasteiger partial charge on any atom is -0.331 e. The van der Waals surface area contributed by atoms with E-state index in [1.807, 2.05) is 41.9 Å². The molecule has 1 aromatic carbocycles. The Morgan fingerprint density at radius 3 is 2.93 bits per heavy atom. The number of carbonyl (C=O) groups is 2. The topological polar surface area (TPSA) is 67.7 Å². The molecule has 2 aliphatic heterocycles. The summed E-state index contributed by atoms with van der Waals surface area (Å²) in [6.07, 6.45) is 3.94. The lowest BCUT2D eigenvalue weighted by molar-refractivity contribution is -0.198. The van der Waals surface area contributed by atoms with Crippen molar-refractivity contribution < 1.29 is 14.4 Å². The molecule has 142 valence electrons. The van der Waals surface area contributed by atoms with Gasteiger partial charge < -0.3 is 4.90 Å². The van der Waals surface area contributed by atoms with Crippen molar-refractivity contribution in [2.24, 2.45) is 0 Å². The maximum atomic E-state index is 13.0. The lowest BCUT2D eigenvalue weighted by Gasteiger charge is -2.35. The van der Waals surface area contributed by atoms with Crippen LogP contribution in [0, 0.1) is 6.92 Å². The van der Waals surface area contributed by atoms with Gasteiger partial charge in [-0.25, -0.2) is 5.06 Å². The molecule has 1 atom stereocenters. The second-order valence-electron chi connectivity index (χ2n) is 7.22. The predicted molar refractivity (Wildman–Crippen MR) is 98.7 cm³/mol. The number of hydroxylamine groups is 2. The molecule has 0 aliphatic carbocycles. The van der Waals surface area contributed by atoms with Crippen molar-refractivity contribution in [2.75, 3.05) is 19.7 Å². The molecule has 0 saturated carbocycles. The molecule has 7 nitrogen and oxygen atoms in total. The normalized spacial score (nSPS) is 19.7. The van der Waals surface area contributed by atoms with Crippen LogP contribution in [0.15, 0.2) is 36.5 Å². The van der Waals surface area contributed by atoms with Gasteiger partial charge in [0, 0.05) is 24.8 Å². The first-order valence-corrected chi connectivity index (χ1v) is 9.43. The van der Waals surface area contributed by atoms with E-state index in [1.165, 1.54) is 5.06 Å². The molecular formula is C20H24N4O3. The van der Waals surface area contributed by atoms with Gasteiger partial charge in [0.05, 0.1) is 31.3 Å². The van der Waals surface area contributed by atoms with E-state index in [0.29, 0.717) is 31.8 Å². The highest BCUT2D eigenvalue weighted by molar-refractivity contribution is 5.94. The smallest absolute Gasteiger partial charge is 0.254 e. The van der Waals surface area contributed by atoms with E-state index < -0.39 is 0 Å². The van der Waals surface area contributed by atoms with Crippen LogP contribution in [0.2, 0.25) is 0 Å². The minimum absolute atomic E-state index is 0.0159. The lowest BCUT2D eigenvalue weighted by Crippen LogP contribution is -2.44. The molecule has 2 amide bonds. The summed E-state index contributed by atoms with van der Waals surface area (Å²) in [5.74, 6) is -0.0659. The van der Waals surface area contributed by atoms with E-state index in [-0.39, 0.29) is 24.3 Å². The van der Waals surface area contributed by atoms with E-state index in [1.54, 1.807) is 11.1 Å². The quantitative estimate of drug-likeness (QED) is 0.834. The molecular weight excluding hydrogens is 344 g/mol. The average Bonchev–Trinajstić information content (AvgIpc) is 3.17. The maximum absolute atomic E-state index is 13.0.